The Hall–Kier alpha value is -1.10. The number of benzene rings is 1. The molecule has 2 fully saturated rings. The van der Waals surface area contributed by atoms with Crippen LogP contribution in [0.3, 0.4) is 0 Å². The smallest absolute Gasteiger partial charge is 0.261 e. The van der Waals surface area contributed by atoms with Crippen molar-refractivity contribution in [3.05, 3.63) is 34.2 Å². The number of halogens is 1. The minimum atomic E-state index is 0.0419. The molecule has 0 bridgehead atoms. The Morgan fingerprint density at radius 1 is 1.25 bits per heavy atom. The average molecular weight is 363 g/mol. The highest BCUT2D eigenvalue weighted by Gasteiger charge is 2.33. The van der Waals surface area contributed by atoms with Crippen LogP contribution in [0, 0.1) is 5.92 Å². The first-order valence-electron chi connectivity index (χ1n) is 8.93. The van der Waals surface area contributed by atoms with Crippen molar-refractivity contribution in [1.82, 2.24) is 10.2 Å². The predicted octanol–water partition coefficient (Wildman–Crippen LogP) is 4.55. The minimum absolute atomic E-state index is 0.0419. The molecule has 1 aromatic carbocycles. The fourth-order valence-electron chi connectivity index (χ4n) is 4.27. The molecule has 5 heteroatoms. The Balaban J connectivity index is 1.42. The molecule has 3 heterocycles. The first-order chi connectivity index (χ1) is 11.7. The number of amides is 1. The van der Waals surface area contributed by atoms with Gasteiger partial charge in [-0.3, -0.25) is 4.79 Å². The van der Waals surface area contributed by atoms with Gasteiger partial charge < -0.3 is 10.2 Å². The lowest BCUT2D eigenvalue weighted by Crippen LogP contribution is -2.50. The molecule has 2 atom stereocenters. The number of carbonyl (C=O) groups excluding carboxylic acids is 1. The molecule has 1 N–H and O–H groups in total. The molecule has 0 radical (unpaired) electrons. The summed E-state index contributed by atoms with van der Waals surface area (Å²) in [6.07, 6.45) is 6.45. The molecular weight excluding hydrogens is 340 g/mol. The number of nitrogens with one attached hydrogen (secondary N) is 1. The third-order valence-corrected chi connectivity index (χ3v) is 7.08. The van der Waals surface area contributed by atoms with E-state index in [1.165, 1.54) is 56.5 Å². The largest absolute Gasteiger partial charge is 0.351 e. The standard InChI is InChI=1S/C19H23ClN2OS/c20-15-7-3-5-13-11-17(24-18(13)15)19(23)21-12-14-6-4-10-22-9-2-1-8-16(14)22/h3,5,7,11,14,16H,1-2,4,6,8-10,12H2,(H,21,23)/t14-,16-/m1/s1. The Bertz CT molecular complexity index is 742. The lowest BCUT2D eigenvalue weighted by molar-refractivity contribution is 0.0576. The third-order valence-electron chi connectivity index (χ3n) is 5.47. The van der Waals surface area contributed by atoms with Crippen molar-refractivity contribution >= 4 is 38.9 Å². The van der Waals surface area contributed by atoms with Gasteiger partial charge in [0.15, 0.2) is 0 Å². The normalized spacial score (nSPS) is 24.7. The van der Waals surface area contributed by atoms with Crippen molar-refractivity contribution in [2.24, 2.45) is 5.92 Å². The number of hydrogen-bond donors (Lipinski definition) is 1. The van der Waals surface area contributed by atoms with E-state index in [9.17, 15) is 4.79 Å². The summed E-state index contributed by atoms with van der Waals surface area (Å²) in [7, 11) is 0. The molecule has 0 unspecified atom stereocenters. The highest BCUT2D eigenvalue weighted by molar-refractivity contribution is 7.21. The summed E-state index contributed by atoms with van der Waals surface area (Å²) >= 11 is 7.71. The topological polar surface area (TPSA) is 32.3 Å². The number of nitrogens with zero attached hydrogens (tertiary/aromatic N) is 1. The van der Waals surface area contributed by atoms with Gasteiger partial charge in [-0.25, -0.2) is 0 Å². The quantitative estimate of drug-likeness (QED) is 0.868. The fourth-order valence-corrected chi connectivity index (χ4v) is 5.54. The van der Waals surface area contributed by atoms with Gasteiger partial charge in [-0.2, -0.15) is 0 Å². The van der Waals surface area contributed by atoms with Crippen LogP contribution in [0.15, 0.2) is 24.3 Å². The Kier molecular flexibility index (Phi) is 4.79. The van der Waals surface area contributed by atoms with Gasteiger partial charge in [0.2, 0.25) is 0 Å². The molecule has 4 rings (SSSR count). The highest BCUT2D eigenvalue weighted by Crippen LogP contribution is 2.32. The van der Waals surface area contributed by atoms with Crippen LogP contribution in [0.1, 0.15) is 41.8 Å². The van der Waals surface area contributed by atoms with Gasteiger partial charge in [0, 0.05) is 12.6 Å². The summed E-state index contributed by atoms with van der Waals surface area (Å²) in [5, 5.41) is 4.96. The minimum Gasteiger partial charge on any atom is -0.351 e. The molecule has 3 nitrogen and oxygen atoms in total. The van der Waals surface area contributed by atoms with Crippen molar-refractivity contribution in [3.8, 4) is 0 Å². The molecular formula is C19H23ClN2OS. The lowest BCUT2D eigenvalue weighted by Gasteiger charge is -2.44. The van der Waals surface area contributed by atoms with E-state index in [0.29, 0.717) is 12.0 Å². The second kappa shape index (κ2) is 7.03. The van der Waals surface area contributed by atoms with Gasteiger partial charge in [0.05, 0.1) is 14.6 Å². The molecule has 2 saturated heterocycles. The lowest BCUT2D eigenvalue weighted by atomic mass is 9.83. The summed E-state index contributed by atoms with van der Waals surface area (Å²) in [4.78, 5) is 16.0. The summed E-state index contributed by atoms with van der Waals surface area (Å²) < 4.78 is 1.00. The van der Waals surface area contributed by atoms with Crippen molar-refractivity contribution in [2.75, 3.05) is 19.6 Å². The zero-order valence-electron chi connectivity index (χ0n) is 13.8. The summed E-state index contributed by atoms with van der Waals surface area (Å²) in [6, 6.07) is 8.44. The van der Waals surface area contributed by atoms with Gasteiger partial charge in [-0.05, 0) is 62.2 Å². The van der Waals surface area contributed by atoms with Crippen LogP contribution in [-0.4, -0.2) is 36.5 Å². The SMILES string of the molecule is O=C(NC[C@H]1CCCN2CCCC[C@H]12)c1cc2cccc(Cl)c2s1. The van der Waals surface area contributed by atoms with Crippen LogP contribution in [0.5, 0.6) is 0 Å². The molecule has 2 aliphatic rings. The second-order valence-electron chi connectivity index (χ2n) is 6.98. The summed E-state index contributed by atoms with van der Waals surface area (Å²) in [6.45, 7) is 3.27. The summed E-state index contributed by atoms with van der Waals surface area (Å²) in [5.41, 5.74) is 0. The number of piperidine rings is 2. The van der Waals surface area contributed by atoms with Crippen LogP contribution < -0.4 is 5.32 Å². The van der Waals surface area contributed by atoms with Gasteiger partial charge in [-0.15, -0.1) is 11.3 Å². The zero-order chi connectivity index (χ0) is 16.5. The van der Waals surface area contributed by atoms with Crippen molar-refractivity contribution in [1.29, 1.82) is 0 Å². The number of thiophene rings is 1. The van der Waals surface area contributed by atoms with E-state index in [1.54, 1.807) is 0 Å². The van der Waals surface area contributed by atoms with E-state index in [-0.39, 0.29) is 5.91 Å². The highest BCUT2D eigenvalue weighted by atomic mass is 35.5. The van der Waals surface area contributed by atoms with Crippen LogP contribution in [0.4, 0.5) is 0 Å². The molecule has 0 aliphatic carbocycles. The number of carbonyl (C=O) groups is 1. The summed E-state index contributed by atoms with van der Waals surface area (Å²) in [5.74, 6) is 0.640. The maximum atomic E-state index is 12.6. The number of fused-ring (bicyclic) bond motifs is 2. The maximum absolute atomic E-state index is 12.6. The van der Waals surface area contributed by atoms with Crippen molar-refractivity contribution in [2.45, 2.75) is 38.1 Å². The van der Waals surface area contributed by atoms with Crippen LogP contribution in [0.2, 0.25) is 5.02 Å². The van der Waals surface area contributed by atoms with Crippen molar-refractivity contribution < 1.29 is 4.79 Å². The van der Waals surface area contributed by atoms with Crippen molar-refractivity contribution in [3.63, 3.8) is 0 Å². The van der Waals surface area contributed by atoms with Gasteiger partial charge in [0.25, 0.3) is 5.91 Å². The molecule has 24 heavy (non-hydrogen) atoms. The molecule has 1 aromatic heterocycles. The Labute approximate surface area is 152 Å². The van der Waals surface area contributed by atoms with Crippen LogP contribution >= 0.6 is 22.9 Å². The van der Waals surface area contributed by atoms with E-state index in [1.807, 2.05) is 24.3 Å². The number of hydrogen-bond acceptors (Lipinski definition) is 3. The third kappa shape index (κ3) is 3.19. The van der Waals surface area contributed by atoms with Crippen LogP contribution in [-0.2, 0) is 0 Å². The van der Waals surface area contributed by atoms with E-state index in [0.717, 1.165) is 26.5 Å². The molecule has 2 aliphatic heterocycles. The van der Waals surface area contributed by atoms with E-state index in [4.69, 9.17) is 11.6 Å². The van der Waals surface area contributed by atoms with Gasteiger partial charge >= 0.3 is 0 Å². The monoisotopic (exact) mass is 362 g/mol. The fraction of sp³-hybridized carbons (Fsp3) is 0.526. The Morgan fingerprint density at radius 2 is 2.12 bits per heavy atom. The van der Waals surface area contributed by atoms with Gasteiger partial charge in [0.1, 0.15) is 0 Å². The predicted molar refractivity (Wildman–Crippen MR) is 101 cm³/mol. The average Bonchev–Trinajstić information content (AvgIpc) is 3.05. The van der Waals surface area contributed by atoms with Gasteiger partial charge in [-0.1, -0.05) is 30.2 Å². The first-order valence-corrected chi connectivity index (χ1v) is 10.1. The molecule has 128 valence electrons. The van der Waals surface area contributed by atoms with E-state index in [2.05, 4.69) is 10.2 Å². The number of rotatable bonds is 3. The zero-order valence-corrected chi connectivity index (χ0v) is 15.3. The second-order valence-corrected chi connectivity index (χ2v) is 8.44. The Morgan fingerprint density at radius 3 is 3.00 bits per heavy atom. The molecule has 0 saturated carbocycles. The maximum Gasteiger partial charge on any atom is 0.261 e. The van der Waals surface area contributed by atoms with E-state index < -0.39 is 0 Å². The molecule has 2 aromatic rings. The molecule has 1 amide bonds. The molecule has 0 spiro atoms. The first kappa shape index (κ1) is 16.4. The van der Waals surface area contributed by atoms with Crippen LogP contribution in [0.25, 0.3) is 10.1 Å². The van der Waals surface area contributed by atoms with E-state index >= 15 is 0 Å².